The minimum atomic E-state index is 0.104. The molecule has 1 heterocycles. The van der Waals surface area contributed by atoms with Gasteiger partial charge in [-0.3, -0.25) is 9.69 Å². The van der Waals surface area contributed by atoms with Gasteiger partial charge in [-0.2, -0.15) is 0 Å². The maximum absolute atomic E-state index is 12.4. The molecule has 0 aromatic heterocycles. The van der Waals surface area contributed by atoms with E-state index in [4.69, 9.17) is 4.74 Å². The number of aryl methyl sites for hydroxylation is 1. The second-order valence-electron chi connectivity index (χ2n) is 7.44. The molecule has 1 aromatic rings. The fourth-order valence-corrected chi connectivity index (χ4v) is 3.94. The average Bonchev–Trinajstić information content (AvgIpc) is 2.61. The first-order chi connectivity index (χ1) is 11.6. The Hall–Kier alpha value is -1.55. The van der Waals surface area contributed by atoms with Gasteiger partial charge in [0.15, 0.2) is 6.61 Å². The van der Waals surface area contributed by atoms with E-state index in [9.17, 15) is 4.79 Å². The molecule has 0 N–H and O–H groups in total. The number of nitrogens with zero attached hydrogens (tertiary/aromatic N) is 2. The molecule has 1 aliphatic carbocycles. The van der Waals surface area contributed by atoms with Crippen LogP contribution in [-0.4, -0.2) is 54.5 Å². The van der Waals surface area contributed by atoms with Gasteiger partial charge in [0.2, 0.25) is 0 Å². The highest BCUT2D eigenvalue weighted by molar-refractivity contribution is 5.77. The molecule has 1 saturated heterocycles. The standard InChI is InChI=1S/C20H30N2O2/c1-16-6-8-19(9-7-16)24-15-20(23)22-12-10-21(11-13-22)18-5-3-4-17(2)14-18/h6-9,17-18H,3-5,10-15H2,1-2H3. The van der Waals surface area contributed by atoms with E-state index < -0.39 is 0 Å². The third kappa shape index (κ3) is 4.50. The molecule has 4 heteroatoms. The van der Waals surface area contributed by atoms with Crippen molar-refractivity contribution in [3.8, 4) is 5.75 Å². The number of amides is 1. The molecule has 24 heavy (non-hydrogen) atoms. The van der Waals surface area contributed by atoms with Gasteiger partial charge in [0.25, 0.3) is 5.91 Å². The Balaban J connectivity index is 1.42. The van der Waals surface area contributed by atoms with Crippen molar-refractivity contribution in [2.45, 2.75) is 45.6 Å². The molecule has 3 rings (SSSR count). The largest absolute Gasteiger partial charge is 0.484 e. The molecule has 1 saturated carbocycles. The van der Waals surface area contributed by atoms with Gasteiger partial charge in [-0.05, 0) is 37.8 Å². The number of ether oxygens (including phenoxy) is 1. The van der Waals surface area contributed by atoms with Crippen LogP contribution < -0.4 is 4.74 Å². The lowest BCUT2D eigenvalue weighted by atomic mass is 9.86. The average molecular weight is 330 g/mol. The first kappa shape index (κ1) is 17.3. The maximum Gasteiger partial charge on any atom is 0.260 e. The number of piperazine rings is 1. The van der Waals surface area contributed by atoms with Gasteiger partial charge in [0.05, 0.1) is 0 Å². The van der Waals surface area contributed by atoms with Gasteiger partial charge in [0.1, 0.15) is 5.75 Å². The van der Waals surface area contributed by atoms with Gasteiger partial charge < -0.3 is 9.64 Å². The molecule has 1 aromatic carbocycles. The molecule has 2 atom stereocenters. The zero-order valence-corrected chi connectivity index (χ0v) is 15.0. The molecule has 2 fully saturated rings. The normalized spacial score (nSPS) is 25.5. The fourth-order valence-electron chi connectivity index (χ4n) is 3.94. The second kappa shape index (κ2) is 8.02. The Morgan fingerprint density at radius 3 is 2.50 bits per heavy atom. The van der Waals surface area contributed by atoms with E-state index in [0.29, 0.717) is 0 Å². The van der Waals surface area contributed by atoms with E-state index in [1.807, 2.05) is 36.1 Å². The van der Waals surface area contributed by atoms with Crippen LogP contribution in [0.3, 0.4) is 0 Å². The van der Waals surface area contributed by atoms with E-state index >= 15 is 0 Å². The van der Waals surface area contributed by atoms with E-state index in [2.05, 4.69) is 11.8 Å². The monoisotopic (exact) mass is 330 g/mol. The summed E-state index contributed by atoms with van der Waals surface area (Å²) >= 11 is 0. The van der Waals surface area contributed by atoms with Crippen LogP contribution in [0.4, 0.5) is 0 Å². The number of benzene rings is 1. The molecule has 1 amide bonds. The molecule has 4 nitrogen and oxygen atoms in total. The third-order valence-corrected chi connectivity index (χ3v) is 5.48. The number of rotatable bonds is 4. The van der Waals surface area contributed by atoms with E-state index in [1.54, 1.807) is 0 Å². The first-order valence-electron chi connectivity index (χ1n) is 9.33. The Morgan fingerprint density at radius 1 is 1.12 bits per heavy atom. The van der Waals surface area contributed by atoms with Crippen LogP contribution in [0.25, 0.3) is 0 Å². The zero-order chi connectivity index (χ0) is 16.9. The molecular formula is C20H30N2O2. The van der Waals surface area contributed by atoms with Crippen molar-refractivity contribution in [3.63, 3.8) is 0 Å². The Labute approximate surface area is 145 Å². The van der Waals surface area contributed by atoms with Crippen LogP contribution in [-0.2, 0) is 4.79 Å². The molecule has 2 aliphatic rings. The summed E-state index contributed by atoms with van der Waals surface area (Å²) in [6.45, 7) is 8.24. The fraction of sp³-hybridized carbons (Fsp3) is 0.650. The topological polar surface area (TPSA) is 32.8 Å². The van der Waals surface area contributed by atoms with Crippen LogP contribution in [0.1, 0.15) is 38.2 Å². The maximum atomic E-state index is 12.4. The van der Waals surface area contributed by atoms with Gasteiger partial charge >= 0.3 is 0 Å². The molecule has 0 radical (unpaired) electrons. The molecular weight excluding hydrogens is 300 g/mol. The van der Waals surface area contributed by atoms with Gasteiger partial charge in [-0.25, -0.2) is 0 Å². The van der Waals surface area contributed by atoms with Gasteiger partial charge in [-0.1, -0.05) is 37.5 Å². The molecule has 1 aliphatic heterocycles. The molecule has 0 bridgehead atoms. The van der Waals surface area contributed by atoms with Crippen molar-refractivity contribution in [2.24, 2.45) is 5.92 Å². The lowest BCUT2D eigenvalue weighted by molar-refractivity contribution is -0.135. The van der Waals surface area contributed by atoms with E-state index in [0.717, 1.165) is 43.9 Å². The van der Waals surface area contributed by atoms with Crippen LogP contribution in [0.5, 0.6) is 5.75 Å². The zero-order valence-electron chi connectivity index (χ0n) is 15.0. The molecule has 0 spiro atoms. The highest BCUT2D eigenvalue weighted by atomic mass is 16.5. The third-order valence-electron chi connectivity index (χ3n) is 5.48. The minimum Gasteiger partial charge on any atom is -0.484 e. The van der Waals surface area contributed by atoms with Crippen molar-refractivity contribution in [1.29, 1.82) is 0 Å². The SMILES string of the molecule is Cc1ccc(OCC(=O)N2CCN(C3CCCC(C)C3)CC2)cc1. The Bertz CT molecular complexity index is 535. The predicted molar refractivity (Wildman–Crippen MR) is 96.2 cm³/mol. The quantitative estimate of drug-likeness (QED) is 0.850. The molecule has 2 unspecified atom stereocenters. The minimum absolute atomic E-state index is 0.104. The Kier molecular flexibility index (Phi) is 5.77. The summed E-state index contributed by atoms with van der Waals surface area (Å²) < 4.78 is 5.63. The van der Waals surface area contributed by atoms with Gasteiger partial charge in [0, 0.05) is 32.2 Å². The predicted octanol–water partition coefficient (Wildman–Crippen LogP) is 3.10. The smallest absolute Gasteiger partial charge is 0.260 e. The lowest BCUT2D eigenvalue weighted by Gasteiger charge is -2.42. The summed E-state index contributed by atoms with van der Waals surface area (Å²) in [6, 6.07) is 8.58. The summed E-state index contributed by atoms with van der Waals surface area (Å²) in [5.74, 6) is 1.72. The highest BCUT2D eigenvalue weighted by Gasteiger charge is 2.28. The van der Waals surface area contributed by atoms with Crippen LogP contribution in [0.15, 0.2) is 24.3 Å². The number of hydrogen-bond donors (Lipinski definition) is 0. The lowest BCUT2D eigenvalue weighted by Crippen LogP contribution is -2.53. The second-order valence-corrected chi connectivity index (χ2v) is 7.44. The van der Waals surface area contributed by atoms with Crippen LogP contribution in [0, 0.1) is 12.8 Å². The first-order valence-corrected chi connectivity index (χ1v) is 9.33. The molecule has 132 valence electrons. The van der Waals surface area contributed by atoms with Crippen molar-refractivity contribution in [3.05, 3.63) is 29.8 Å². The van der Waals surface area contributed by atoms with Crippen molar-refractivity contribution in [1.82, 2.24) is 9.80 Å². The summed E-state index contributed by atoms with van der Waals surface area (Å²) in [4.78, 5) is 16.9. The number of carbonyl (C=O) groups is 1. The summed E-state index contributed by atoms with van der Waals surface area (Å²) in [5.41, 5.74) is 1.20. The van der Waals surface area contributed by atoms with Crippen LogP contribution in [0.2, 0.25) is 0 Å². The summed E-state index contributed by atoms with van der Waals surface area (Å²) in [7, 11) is 0. The summed E-state index contributed by atoms with van der Waals surface area (Å²) in [5, 5.41) is 0. The van der Waals surface area contributed by atoms with Crippen molar-refractivity contribution in [2.75, 3.05) is 32.8 Å². The van der Waals surface area contributed by atoms with Crippen molar-refractivity contribution >= 4 is 5.91 Å². The Morgan fingerprint density at radius 2 is 1.83 bits per heavy atom. The van der Waals surface area contributed by atoms with Crippen molar-refractivity contribution < 1.29 is 9.53 Å². The van der Waals surface area contributed by atoms with Gasteiger partial charge in [-0.15, -0.1) is 0 Å². The summed E-state index contributed by atoms with van der Waals surface area (Å²) in [6.07, 6.45) is 5.39. The van der Waals surface area contributed by atoms with E-state index in [1.165, 1.54) is 31.2 Å². The number of hydrogen-bond acceptors (Lipinski definition) is 3. The van der Waals surface area contributed by atoms with E-state index in [-0.39, 0.29) is 12.5 Å². The number of carbonyl (C=O) groups excluding carboxylic acids is 1. The van der Waals surface area contributed by atoms with Crippen LogP contribution >= 0.6 is 0 Å². The highest BCUT2D eigenvalue weighted by Crippen LogP contribution is 2.27.